The van der Waals surface area contributed by atoms with Crippen LogP contribution in [0.3, 0.4) is 0 Å². The molecule has 1 heterocycles. The molecule has 0 unspecified atom stereocenters. The summed E-state index contributed by atoms with van der Waals surface area (Å²) < 4.78 is 7.37. The molecule has 0 saturated heterocycles. The highest BCUT2D eigenvalue weighted by molar-refractivity contribution is 7.99. The number of para-hydroxylation sites is 2. The molecule has 1 amide bonds. The molecule has 0 bridgehead atoms. The molecule has 4 rings (SSSR count). The molecule has 0 saturated carbocycles. The number of nitro benzene ring substituents is 1. The van der Waals surface area contributed by atoms with Crippen LogP contribution in [0, 0.1) is 10.1 Å². The molecule has 174 valence electrons. The third-order valence-electron chi connectivity index (χ3n) is 5.14. The van der Waals surface area contributed by atoms with E-state index in [1.54, 1.807) is 13.2 Å². The molecule has 0 aliphatic rings. The van der Waals surface area contributed by atoms with Crippen LogP contribution in [0.5, 0.6) is 5.75 Å². The number of ether oxygens (including phenoxy) is 1. The van der Waals surface area contributed by atoms with Gasteiger partial charge < -0.3 is 15.0 Å². The molecule has 34 heavy (non-hydrogen) atoms. The molecule has 0 radical (unpaired) electrons. The van der Waals surface area contributed by atoms with Gasteiger partial charge in [0, 0.05) is 37.6 Å². The Morgan fingerprint density at radius 3 is 2.56 bits per heavy atom. The molecule has 1 N–H and O–H groups in total. The van der Waals surface area contributed by atoms with Gasteiger partial charge in [0.1, 0.15) is 5.75 Å². The predicted octanol–water partition coefficient (Wildman–Crippen LogP) is 4.74. The third kappa shape index (κ3) is 4.81. The summed E-state index contributed by atoms with van der Waals surface area (Å²) >= 11 is 1.24. The number of hydrogen-bond donors (Lipinski definition) is 1. The van der Waals surface area contributed by atoms with Gasteiger partial charge in [-0.3, -0.25) is 19.5 Å². The van der Waals surface area contributed by atoms with Gasteiger partial charge in [-0.15, -0.1) is 0 Å². The van der Waals surface area contributed by atoms with Crippen LogP contribution in [-0.2, 0) is 4.79 Å². The SMILES string of the molecule is COc1ccccc1-n1c(SCC(=O)Nc2ccc(N(C)C)cc2)nc2cc([N+](=O)[O-])ccc21. The number of carbonyl (C=O) groups excluding carboxylic acids is 1. The summed E-state index contributed by atoms with van der Waals surface area (Å²) in [5, 5.41) is 14.7. The van der Waals surface area contributed by atoms with E-state index in [2.05, 4.69) is 10.3 Å². The molecule has 0 aliphatic heterocycles. The molecule has 0 spiro atoms. The predicted molar refractivity (Wildman–Crippen MR) is 134 cm³/mol. The number of hydrogen-bond acceptors (Lipinski definition) is 7. The monoisotopic (exact) mass is 477 g/mol. The number of non-ortho nitro benzene ring substituents is 1. The fraction of sp³-hybridized carbons (Fsp3) is 0.167. The highest BCUT2D eigenvalue weighted by atomic mass is 32.2. The van der Waals surface area contributed by atoms with Crippen LogP contribution in [0.1, 0.15) is 0 Å². The number of anilines is 2. The van der Waals surface area contributed by atoms with Crippen LogP contribution >= 0.6 is 11.8 Å². The summed E-state index contributed by atoms with van der Waals surface area (Å²) in [5.41, 5.74) is 3.55. The number of aromatic nitrogens is 2. The fourth-order valence-corrected chi connectivity index (χ4v) is 4.30. The number of nitrogens with zero attached hydrogens (tertiary/aromatic N) is 4. The van der Waals surface area contributed by atoms with Crippen LogP contribution in [0.4, 0.5) is 17.1 Å². The molecule has 4 aromatic rings. The van der Waals surface area contributed by atoms with Crippen molar-refractivity contribution in [3.8, 4) is 11.4 Å². The second kappa shape index (κ2) is 9.84. The normalized spacial score (nSPS) is 10.8. The van der Waals surface area contributed by atoms with Crippen molar-refractivity contribution < 1.29 is 14.5 Å². The molecule has 0 aliphatic carbocycles. The number of nitro groups is 1. The molecule has 10 heteroatoms. The largest absolute Gasteiger partial charge is 0.495 e. The van der Waals surface area contributed by atoms with Crippen LogP contribution in [0.25, 0.3) is 16.7 Å². The molecule has 3 aromatic carbocycles. The Bertz CT molecular complexity index is 1350. The number of carbonyl (C=O) groups is 1. The van der Waals surface area contributed by atoms with Crippen molar-refractivity contribution in [1.82, 2.24) is 9.55 Å². The van der Waals surface area contributed by atoms with E-state index in [-0.39, 0.29) is 17.3 Å². The van der Waals surface area contributed by atoms with Crippen molar-refractivity contribution in [2.75, 3.05) is 37.2 Å². The van der Waals surface area contributed by atoms with Crippen LogP contribution in [0.15, 0.2) is 71.9 Å². The lowest BCUT2D eigenvalue weighted by atomic mass is 10.2. The van der Waals surface area contributed by atoms with E-state index in [1.807, 2.05) is 72.1 Å². The van der Waals surface area contributed by atoms with Crippen LogP contribution in [0.2, 0.25) is 0 Å². The minimum atomic E-state index is -0.455. The van der Waals surface area contributed by atoms with Gasteiger partial charge in [0.05, 0.1) is 34.5 Å². The van der Waals surface area contributed by atoms with Crippen molar-refractivity contribution in [1.29, 1.82) is 0 Å². The second-order valence-electron chi connectivity index (χ2n) is 7.61. The Hall–Kier alpha value is -4.05. The quantitative estimate of drug-likeness (QED) is 0.222. The van der Waals surface area contributed by atoms with Gasteiger partial charge in [0.15, 0.2) is 5.16 Å². The van der Waals surface area contributed by atoms with E-state index in [9.17, 15) is 14.9 Å². The lowest BCUT2D eigenvalue weighted by Gasteiger charge is -2.14. The van der Waals surface area contributed by atoms with Gasteiger partial charge in [-0.2, -0.15) is 0 Å². The van der Waals surface area contributed by atoms with E-state index in [0.717, 1.165) is 11.4 Å². The van der Waals surface area contributed by atoms with Gasteiger partial charge in [0.2, 0.25) is 5.91 Å². The first-order valence-electron chi connectivity index (χ1n) is 10.4. The van der Waals surface area contributed by atoms with Crippen LogP contribution in [-0.4, -0.2) is 47.3 Å². The lowest BCUT2D eigenvalue weighted by molar-refractivity contribution is -0.384. The van der Waals surface area contributed by atoms with E-state index < -0.39 is 4.92 Å². The van der Waals surface area contributed by atoms with Gasteiger partial charge in [0.25, 0.3) is 5.69 Å². The number of rotatable bonds is 8. The summed E-state index contributed by atoms with van der Waals surface area (Å²) in [5.74, 6) is 0.537. The first-order valence-corrected chi connectivity index (χ1v) is 11.4. The lowest BCUT2D eigenvalue weighted by Crippen LogP contribution is -2.15. The number of methoxy groups -OCH3 is 1. The minimum absolute atomic E-state index is 0.0485. The number of imidazole rings is 1. The number of benzene rings is 3. The molecule has 9 nitrogen and oxygen atoms in total. The number of fused-ring (bicyclic) bond motifs is 1. The Labute approximate surface area is 200 Å². The maximum Gasteiger partial charge on any atom is 0.271 e. The van der Waals surface area contributed by atoms with Gasteiger partial charge >= 0.3 is 0 Å². The molecule has 0 fully saturated rings. The van der Waals surface area contributed by atoms with Gasteiger partial charge in [-0.25, -0.2) is 4.98 Å². The zero-order valence-electron chi connectivity index (χ0n) is 18.9. The van der Waals surface area contributed by atoms with E-state index in [1.165, 1.54) is 23.9 Å². The van der Waals surface area contributed by atoms with Crippen molar-refractivity contribution >= 4 is 45.8 Å². The van der Waals surface area contributed by atoms with Crippen molar-refractivity contribution in [3.63, 3.8) is 0 Å². The Morgan fingerprint density at radius 2 is 1.88 bits per heavy atom. The van der Waals surface area contributed by atoms with E-state index in [0.29, 0.717) is 27.6 Å². The van der Waals surface area contributed by atoms with E-state index >= 15 is 0 Å². The highest BCUT2D eigenvalue weighted by Crippen LogP contribution is 2.33. The van der Waals surface area contributed by atoms with E-state index in [4.69, 9.17) is 4.74 Å². The smallest absolute Gasteiger partial charge is 0.271 e. The molecular weight excluding hydrogens is 454 g/mol. The number of thioether (sulfide) groups is 1. The zero-order valence-corrected chi connectivity index (χ0v) is 19.7. The zero-order chi connectivity index (χ0) is 24.2. The molecular formula is C24H23N5O4S. The Balaban J connectivity index is 1.63. The van der Waals surface area contributed by atoms with Crippen molar-refractivity contribution in [2.45, 2.75) is 5.16 Å². The average molecular weight is 478 g/mol. The first-order chi connectivity index (χ1) is 16.4. The number of amides is 1. The molecule has 1 aromatic heterocycles. The average Bonchev–Trinajstić information content (AvgIpc) is 3.20. The summed E-state index contributed by atoms with van der Waals surface area (Å²) in [6.07, 6.45) is 0. The summed E-state index contributed by atoms with van der Waals surface area (Å²) in [7, 11) is 5.48. The topological polar surface area (TPSA) is 103 Å². The van der Waals surface area contributed by atoms with Crippen LogP contribution < -0.4 is 15.0 Å². The standard InChI is InChI=1S/C24H23N5O4S/c1-27(2)17-10-8-16(9-11-17)25-23(30)15-34-24-26-19-14-18(29(31)32)12-13-20(19)28(24)21-6-4-5-7-22(21)33-3/h4-14H,15H2,1-3H3,(H,25,30). The minimum Gasteiger partial charge on any atom is -0.495 e. The Morgan fingerprint density at radius 1 is 1.15 bits per heavy atom. The van der Waals surface area contributed by atoms with Gasteiger partial charge in [-0.05, 0) is 42.5 Å². The third-order valence-corrected chi connectivity index (χ3v) is 6.08. The second-order valence-corrected chi connectivity index (χ2v) is 8.55. The summed E-state index contributed by atoms with van der Waals surface area (Å²) in [6, 6.07) is 19.5. The van der Waals surface area contributed by atoms with Gasteiger partial charge in [-0.1, -0.05) is 23.9 Å². The number of nitrogens with one attached hydrogen (secondary N) is 1. The fourth-order valence-electron chi connectivity index (χ4n) is 3.47. The Kier molecular flexibility index (Phi) is 6.69. The highest BCUT2D eigenvalue weighted by Gasteiger charge is 2.19. The maximum absolute atomic E-state index is 12.6. The molecule has 0 atom stereocenters. The van der Waals surface area contributed by atoms with Crippen molar-refractivity contribution in [2.24, 2.45) is 0 Å². The first kappa shape index (κ1) is 23.1. The van der Waals surface area contributed by atoms with Crippen molar-refractivity contribution in [3.05, 3.63) is 76.8 Å². The summed E-state index contributed by atoms with van der Waals surface area (Å²) in [6.45, 7) is 0. The summed E-state index contributed by atoms with van der Waals surface area (Å²) in [4.78, 5) is 30.0. The maximum atomic E-state index is 12.6.